The van der Waals surface area contributed by atoms with Crippen LogP contribution in [0.2, 0.25) is 0 Å². The van der Waals surface area contributed by atoms with Crippen molar-refractivity contribution in [3.63, 3.8) is 0 Å². The molecule has 3 atom stereocenters. The van der Waals surface area contributed by atoms with Crippen LogP contribution in [0.5, 0.6) is 0 Å². The van der Waals surface area contributed by atoms with E-state index in [1.807, 2.05) is 26.0 Å². The number of sulfonamides is 1. The Balaban J connectivity index is 1.60. The van der Waals surface area contributed by atoms with E-state index in [0.717, 1.165) is 17.5 Å². The number of piperidine rings is 1. The van der Waals surface area contributed by atoms with E-state index in [-0.39, 0.29) is 17.9 Å². The molecule has 0 aromatic heterocycles. The quantitative estimate of drug-likeness (QED) is 0.830. The van der Waals surface area contributed by atoms with E-state index in [1.165, 1.54) is 12.8 Å². The zero-order valence-corrected chi connectivity index (χ0v) is 18.4. The number of nitrogens with one attached hydrogen (secondary N) is 1. The molecule has 3 rings (SSSR count). The van der Waals surface area contributed by atoms with Crippen LogP contribution in [-0.2, 0) is 14.8 Å². The van der Waals surface area contributed by atoms with Crippen molar-refractivity contribution in [1.29, 1.82) is 0 Å². The van der Waals surface area contributed by atoms with Gasteiger partial charge >= 0.3 is 0 Å². The van der Waals surface area contributed by atoms with E-state index in [0.29, 0.717) is 42.7 Å². The second kappa shape index (κ2) is 8.54. The number of aryl methyl sites for hydroxylation is 2. The summed E-state index contributed by atoms with van der Waals surface area (Å²) >= 11 is 0. The molecule has 0 bridgehead atoms. The zero-order chi connectivity index (χ0) is 20.5. The van der Waals surface area contributed by atoms with Gasteiger partial charge in [-0.05, 0) is 56.6 Å². The summed E-state index contributed by atoms with van der Waals surface area (Å²) < 4.78 is 27.6. The SMILES string of the molecule is Cc1ccc(S(=O)(=O)N2CCC(C(=O)N[C@@H]3CCC[C@H](C)[C@H]3C)CC2)c(C)c1. The van der Waals surface area contributed by atoms with Crippen molar-refractivity contribution >= 4 is 15.9 Å². The van der Waals surface area contributed by atoms with Gasteiger partial charge in [-0.25, -0.2) is 8.42 Å². The van der Waals surface area contributed by atoms with Crippen LogP contribution >= 0.6 is 0 Å². The van der Waals surface area contributed by atoms with Gasteiger partial charge in [-0.15, -0.1) is 0 Å². The molecule has 28 heavy (non-hydrogen) atoms. The highest BCUT2D eigenvalue weighted by molar-refractivity contribution is 7.89. The van der Waals surface area contributed by atoms with Crippen molar-refractivity contribution in [3.8, 4) is 0 Å². The van der Waals surface area contributed by atoms with E-state index in [4.69, 9.17) is 0 Å². The maximum atomic E-state index is 13.0. The van der Waals surface area contributed by atoms with Crippen molar-refractivity contribution < 1.29 is 13.2 Å². The second-order valence-corrected chi connectivity index (χ2v) is 10.7. The average Bonchev–Trinajstić information content (AvgIpc) is 2.65. The van der Waals surface area contributed by atoms with E-state index in [2.05, 4.69) is 19.2 Å². The number of carbonyl (C=O) groups excluding carboxylic acids is 1. The molecule has 0 spiro atoms. The highest BCUT2D eigenvalue weighted by Gasteiger charge is 2.35. The fraction of sp³-hybridized carbons (Fsp3) is 0.682. The van der Waals surface area contributed by atoms with Crippen molar-refractivity contribution in [1.82, 2.24) is 9.62 Å². The van der Waals surface area contributed by atoms with E-state index in [1.54, 1.807) is 10.4 Å². The molecule has 1 aromatic carbocycles. The Morgan fingerprint density at radius 1 is 1.07 bits per heavy atom. The average molecular weight is 407 g/mol. The summed E-state index contributed by atoms with van der Waals surface area (Å²) in [5.41, 5.74) is 1.83. The highest BCUT2D eigenvalue weighted by atomic mass is 32.2. The van der Waals surface area contributed by atoms with Gasteiger partial charge in [0.1, 0.15) is 0 Å². The smallest absolute Gasteiger partial charge is 0.243 e. The maximum absolute atomic E-state index is 13.0. The molecule has 0 unspecified atom stereocenters. The third kappa shape index (κ3) is 4.43. The molecular weight excluding hydrogens is 372 g/mol. The van der Waals surface area contributed by atoms with Crippen LogP contribution in [0.1, 0.15) is 57.1 Å². The Kier molecular flexibility index (Phi) is 6.50. The molecule has 1 N–H and O–H groups in total. The molecule has 1 aliphatic heterocycles. The maximum Gasteiger partial charge on any atom is 0.243 e. The Bertz CT molecular complexity index is 813. The fourth-order valence-electron chi connectivity index (χ4n) is 4.67. The van der Waals surface area contributed by atoms with Crippen molar-refractivity contribution in [2.75, 3.05) is 13.1 Å². The van der Waals surface area contributed by atoms with Gasteiger partial charge in [0.25, 0.3) is 0 Å². The molecular formula is C22H34N2O3S. The molecule has 1 saturated heterocycles. The number of benzene rings is 1. The summed E-state index contributed by atoms with van der Waals surface area (Å²) in [4.78, 5) is 13.1. The molecule has 5 nitrogen and oxygen atoms in total. The lowest BCUT2D eigenvalue weighted by atomic mass is 9.78. The van der Waals surface area contributed by atoms with E-state index >= 15 is 0 Å². The molecule has 1 aliphatic carbocycles. The van der Waals surface area contributed by atoms with Gasteiger partial charge in [-0.1, -0.05) is 44.4 Å². The van der Waals surface area contributed by atoms with Gasteiger partial charge in [0.05, 0.1) is 4.90 Å². The second-order valence-electron chi connectivity index (χ2n) is 8.83. The van der Waals surface area contributed by atoms with Gasteiger partial charge in [0.15, 0.2) is 0 Å². The zero-order valence-electron chi connectivity index (χ0n) is 17.6. The first kappa shape index (κ1) is 21.3. The van der Waals surface area contributed by atoms with Gasteiger partial charge in [0, 0.05) is 25.0 Å². The number of hydrogen-bond donors (Lipinski definition) is 1. The third-order valence-corrected chi connectivity index (χ3v) is 8.87. The van der Waals surface area contributed by atoms with Gasteiger partial charge in [-0.3, -0.25) is 4.79 Å². The van der Waals surface area contributed by atoms with Crippen LogP contribution in [0.3, 0.4) is 0 Å². The summed E-state index contributed by atoms with van der Waals surface area (Å²) in [5, 5.41) is 3.26. The van der Waals surface area contributed by atoms with Crippen molar-refractivity contribution in [3.05, 3.63) is 29.3 Å². The van der Waals surface area contributed by atoms with Crippen LogP contribution in [0.4, 0.5) is 0 Å². The van der Waals surface area contributed by atoms with Crippen molar-refractivity contribution in [2.24, 2.45) is 17.8 Å². The standard InChI is InChI=1S/C22H34N2O3S/c1-15-8-9-21(17(3)14-15)28(26,27)24-12-10-19(11-13-24)22(25)23-20-7-5-6-16(2)18(20)4/h8-9,14,16,18-20H,5-7,10-13H2,1-4H3,(H,23,25)/t16-,18+,20+/m0/s1. The summed E-state index contributed by atoms with van der Waals surface area (Å²) in [6.07, 6.45) is 4.64. The highest BCUT2D eigenvalue weighted by Crippen LogP contribution is 2.31. The summed E-state index contributed by atoms with van der Waals surface area (Å²) in [6.45, 7) is 9.11. The third-order valence-electron chi connectivity index (χ3n) is 6.81. The lowest BCUT2D eigenvalue weighted by molar-refractivity contribution is -0.127. The number of amides is 1. The van der Waals surface area contributed by atoms with Crippen LogP contribution in [0, 0.1) is 31.6 Å². The minimum Gasteiger partial charge on any atom is -0.353 e. The largest absolute Gasteiger partial charge is 0.353 e. The first-order valence-corrected chi connectivity index (χ1v) is 12.0. The van der Waals surface area contributed by atoms with Crippen molar-refractivity contribution in [2.45, 2.75) is 70.7 Å². The van der Waals surface area contributed by atoms with Crippen LogP contribution in [-0.4, -0.2) is 37.8 Å². The Morgan fingerprint density at radius 3 is 2.39 bits per heavy atom. The molecule has 1 heterocycles. The monoisotopic (exact) mass is 406 g/mol. The first-order valence-electron chi connectivity index (χ1n) is 10.6. The molecule has 0 radical (unpaired) electrons. The lowest BCUT2D eigenvalue weighted by Crippen LogP contribution is -2.48. The van der Waals surface area contributed by atoms with Gasteiger partial charge < -0.3 is 5.32 Å². The number of rotatable bonds is 4. The number of carbonyl (C=O) groups is 1. The first-order chi connectivity index (χ1) is 13.2. The molecule has 156 valence electrons. The Morgan fingerprint density at radius 2 is 1.75 bits per heavy atom. The van der Waals surface area contributed by atoms with E-state index < -0.39 is 10.0 Å². The molecule has 1 amide bonds. The minimum absolute atomic E-state index is 0.0880. The number of hydrogen-bond acceptors (Lipinski definition) is 3. The number of nitrogens with zero attached hydrogens (tertiary/aromatic N) is 1. The molecule has 2 fully saturated rings. The summed E-state index contributed by atoms with van der Waals surface area (Å²) in [6, 6.07) is 5.70. The molecule has 1 aromatic rings. The summed E-state index contributed by atoms with van der Waals surface area (Å²) in [5.74, 6) is 1.16. The fourth-order valence-corrected chi connectivity index (χ4v) is 6.35. The van der Waals surface area contributed by atoms with E-state index in [9.17, 15) is 13.2 Å². The normalized spacial score (nSPS) is 27.5. The predicted octanol–water partition coefficient (Wildman–Crippen LogP) is 3.65. The molecule has 2 aliphatic rings. The summed E-state index contributed by atoms with van der Waals surface area (Å²) in [7, 11) is -3.50. The Labute approximate surface area is 169 Å². The predicted molar refractivity (Wildman–Crippen MR) is 112 cm³/mol. The van der Waals surface area contributed by atoms with Crippen LogP contribution < -0.4 is 5.32 Å². The lowest BCUT2D eigenvalue weighted by Gasteiger charge is -2.36. The Hall–Kier alpha value is -1.40. The van der Waals surface area contributed by atoms with Crippen LogP contribution in [0.15, 0.2) is 23.1 Å². The molecule has 6 heteroatoms. The topological polar surface area (TPSA) is 66.5 Å². The van der Waals surface area contributed by atoms with Gasteiger partial charge in [-0.2, -0.15) is 4.31 Å². The molecule has 1 saturated carbocycles. The van der Waals surface area contributed by atoms with Crippen LogP contribution in [0.25, 0.3) is 0 Å². The van der Waals surface area contributed by atoms with Gasteiger partial charge in [0.2, 0.25) is 15.9 Å². The minimum atomic E-state index is -3.50.